The SMILES string of the molecule is CC1=C(C)C(=O)C2=C(CCNC3(CCCCC3)C2)C1=O. The number of nitrogens with one attached hydrogen (secondary N) is 1. The molecule has 0 saturated heterocycles. The van der Waals surface area contributed by atoms with Crippen LogP contribution in [0.15, 0.2) is 22.3 Å². The molecule has 20 heavy (non-hydrogen) atoms. The first-order valence-electron chi connectivity index (χ1n) is 7.78. The summed E-state index contributed by atoms with van der Waals surface area (Å²) in [5.41, 5.74) is 2.96. The molecule has 0 radical (unpaired) electrons. The van der Waals surface area contributed by atoms with Crippen molar-refractivity contribution in [2.45, 2.75) is 64.3 Å². The van der Waals surface area contributed by atoms with Crippen molar-refractivity contribution in [3.8, 4) is 0 Å². The molecule has 108 valence electrons. The lowest BCUT2D eigenvalue weighted by Gasteiger charge is -2.38. The van der Waals surface area contributed by atoms with Gasteiger partial charge >= 0.3 is 0 Å². The number of ketones is 2. The summed E-state index contributed by atoms with van der Waals surface area (Å²) in [6.45, 7) is 4.41. The smallest absolute Gasteiger partial charge is 0.185 e. The predicted molar refractivity (Wildman–Crippen MR) is 78.5 cm³/mol. The van der Waals surface area contributed by atoms with E-state index >= 15 is 0 Å². The van der Waals surface area contributed by atoms with Crippen LogP contribution in [0.4, 0.5) is 0 Å². The Morgan fingerprint density at radius 3 is 2.15 bits per heavy atom. The van der Waals surface area contributed by atoms with E-state index in [0.29, 0.717) is 17.6 Å². The third kappa shape index (κ3) is 2.08. The molecule has 1 saturated carbocycles. The molecule has 0 bridgehead atoms. The van der Waals surface area contributed by atoms with Crippen LogP contribution in [0.2, 0.25) is 0 Å². The number of carbonyl (C=O) groups excluding carboxylic acids is 2. The van der Waals surface area contributed by atoms with Gasteiger partial charge in [0.05, 0.1) is 0 Å². The number of rotatable bonds is 0. The quantitative estimate of drug-likeness (QED) is 0.690. The van der Waals surface area contributed by atoms with E-state index in [9.17, 15) is 9.59 Å². The van der Waals surface area contributed by atoms with Gasteiger partial charge < -0.3 is 5.32 Å². The van der Waals surface area contributed by atoms with Crippen LogP contribution < -0.4 is 5.32 Å². The van der Waals surface area contributed by atoms with Gasteiger partial charge in [-0.1, -0.05) is 19.3 Å². The zero-order valence-corrected chi connectivity index (χ0v) is 12.5. The Hall–Kier alpha value is -1.22. The number of Topliss-reactive ketones (excluding diaryl/α,β-unsaturated/α-hetero) is 2. The van der Waals surface area contributed by atoms with E-state index in [-0.39, 0.29) is 17.1 Å². The molecule has 0 aromatic rings. The van der Waals surface area contributed by atoms with Crippen molar-refractivity contribution in [2.24, 2.45) is 0 Å². The molecule has 0 aromatic carbocycles. The molecular weight excluding hydrogens is 250 g/mol. The second-order valence-corrected chi connectivity index (χ2v) is 6.56. The van der Waals surface area contributed by atoms with E-state index in [1.165, 1.54) is 19.3 Å². The minimum absolute atomic E-state index is 0.0663. The Kier molecular flexibility index (Phi) is 3.41. The van der Waals surface area contributed by atoms with Crippen LogP contribution in [-0.2, 0) is 9.59 Å². The van der Waals surface area contributed by atoms with Gasteiger partial charge in [0.25, 0.3) is 0 Å². The third-order valence-corrected chi connectivity index (χ3v) is 5.36. The van der Waals surface area contributed by atoms with Gasteiger partial charge in [-0.3, -0.25) is 9.59 Å². The van der Waals surface area contributed by atoms with Gasteiger partial charge in [-0.15, -0.1) is 0 Å². The van der Waals surface area contributed by atoms with Crippen molar-refractivity contribution < 1.29 is 9.59 Å². The number of hydrogen-bond acceptors (Lipinski definition) is 3. The summed E-state index contributed by atoms with van der Waals surface area (Å²) >= 11 is 0. The molecule has 1 spiro atoms. The summed E-state index contributed by atoms with van der Waals surface area (Å²) < 4.78 is 0. The summed E-state index contributed by atoms with van der Waals surface area (Å²) in [6.07, 6.45) is 7.46. The first-order valence-corrected chi connectivity index (χ1v) is 7.78. The Labute approximate surface area is 120 Å². The van der Waals surface area contributed by atoms with Gasteiger partial charge in [0.1, 0.15) is 0 Å². The summed E-state index contributed by atoms with van der Waals surface area (Å²) in [7, 11) is 0. The molecule has 1 heterocycles. The minimum atomic E-state index is 0.0663. The highest BCUT2D eigenvalue weighted by Gasteiger charge is 2.40. The van der Waals surface area contributed by atoms with E-state index in [4.69, 9.17) is 0 Å². The second kappa shape index (κ2) is 4.96. The maximum Gasteiger partial charge on any atom is 0.185 e. The number of allylic oxidation sites excluding steroid dienone is 2. The topological polar surface area (TPSA) is 46.2 Å². The monoisotopic (exact) mass is 273 g/mol. The summed E-state index contributed by atoms with van der Waals surface area (Å²) in [6, 6.07) is 0. The molecule has 1 N–H and O–H groups in total. The fourth-order valence-electron chi connectivity index (χ4n) is 3.95. The van der Waals surface area contributed by atoms with Gasteiger partial charge in [-0.2, -0.15) is 0 Å². The van der Waals surface area contributed by atoms with Crippen molar-refractivity contribution >= 4 is 11.6 Å². The molecule has 3 aliphatic rings. The normalized spacial score (nSPS) is 26.9. The maximum absolute atomic E-state index is 12.6. The van der Waals surface area contributed by atoms with Gasteiger partial charge in [0, 0.05) is 27.8 Å². The van der Waals surface area contributed by atoms with Gasteiger partial charge in [0.15, 0.2) is 11.6 Å². The molecule has 0 amide bonds. The van der Waals surface area contributed by atoms with E-state index in [1.54, 1.807) is 13.8 Å². The lowest BCUT2D eigenvalue weighted by molar-refractivity contribution is -0.116. The Bertz CT molecular complexity index is 533. The van der Waals surface area contributed by atoms with E-state index in [0.717, 1.165) is 37.0 Å². The van der Waals surface area contributed by atoms with Crippen molar-refractivity contribution in [3.05, 3.63) is 22.3 Å². The highest BCUT2D eigenvalue weighted by molar-refractivity contribution is 6.24. The van der Waals surface area contributed by atoms with Crippen molar-refractivity contribution in [3.63, 3.8) is 0 Å². The first-order chi connectivity index (χ1) is 9.54. The molecule has 2 aliphatic carbocycles. The molecule has 3 heteroatoms. The molecule has 3 nitrogen and oxygen atoms in total. The maximum atomic E-state index is 12.6. The first kappa shape index (κ1) is 13.7. The average Bonchev–Trinajstić information content (AvgIpc) is 2.64. The predicted octanol–water partition coefficient (Wildman–Crippen LogP) is 2.86. The Morgan fingerprint density at radius 2 is 1.50 bits per heavy atom. The second-order valence-electron chi connectivity index (χ2n) is 6.56. The lowest BCUT2D eigenvalue weighted by atomic mass is 9.74. The molecule has 1 aliphatic heterocycles. The van der Waals surface area contributed by atoms with Crippen LogP contribution in [0.1, 0.15) is 58.8 Å². The van der Waals surface area contributed by atoms with Crippen LogP contribution in [0.5, 0.6) is 0 Å². The average molecular weight is 273 g/mol. The van der Waals surface area contributed by atoms with Crippen molar-refractivity contribution in [2.75, 3.05) is 6.54 Å². The third-order valence-electron chi connectivity index (χ3n) is 5.36. The van der Waals surface area contributed by atoms with E-state index in [1.807, 2.05) is 0 Å². The Balaban J connectivity index is 1.98. The molecule has 1 fully saturated rings. The van der Waals surface area contributed by atoms with Gasteiger partial charge in [-0.05, 0) is 46.1 Å². The minimum Gasteiger partial charge on any atom is -0.311 e. The summed E-state index contributed by atoms with van der Waals surface area (Å²) in [4.78, 5) is 25.0. The summed E-state index contributed by atoms with van der Waals surface area (Å²) in [5.74, 6) is 0.220. The van der Waals surface area contributed by atoms with Gasteiger partial charge in [0.2, 0.25) is 0 Å². The highest BCUT2D eigenvalue weighted by Crippen LogP contribution is 2.39. The molecule has 0 atom stereocenters. The standard InChI is InChI=1S/C17H23NO2/c1-11-12(2)16(20)14-10-17(7-4-3-5-8-17)18-9-6-13(14)15(11)19/h18H,3-10H2,1-2H3. The summed E-state index contributed by atoms with van der Waals surface area (Å²) in [5, 5.41) is 3.66. The van der Waals surface area contributed by atoms with Crippen molar-refractivity contribution in [1.82, 2.24) is 5.32 Å². The van der Waals surface area contributed by atoms with Crippen molar-refractivity contribution in [1.29, 1.82) is 0 Å². The fraction of sp³-hybridized carbons (Fsp3) is 0.647. The van der Waals surface area contributed by atoms with Gasteiger partial charge in [-0.25, -0.2) is 0 Å². The van der Waals surface area contributed by atoms with E-state index in [2.05, 4.69) is 5.32 Å². The fourth-order valence-corrected chi connectivity index (χ4v) is 3.95. The van der Waals surface area contributed by atoms with Crippen LogP contribution in [0, 0.1) is 0 Å². The number of hydrogen-bond donors (Lipinski definition) is 1. The largest absolute Gasteiger partial charge is 0.311 e. The molecular formula is C17H23NO2. The lowest BCUT2D eigenvalue weighted by Crippen LogP contribution is -2.47. The van der Waals surface area contributed by atoms with Crippen LogP contribution >= 0.6 is 0 Å². The van der Waals surface area contributed by atoms with Crippen LogP contribution in [-0.4, -0.2) is 23.7 Å². The molecule has 3 rings (SSSR count). The highest BCUT2D eigenvalue weighted by atomic mass is 16.1. The Morgan fingerprint density at radius 1 is 0.900 bits per heavy atom. The van der Waals surface area contributed by atoms with E-state index < -0.39 is 0 Å². The molecule has 0 unspecified atom stereocenters. The van der Waals surface area contributed by atoms with Crippen LogP contribution in [0.3, 0.4) is 0 Å². The van der Waals surface area contributed by atoms with Crippen LogP contribution in [0.25, 0.3) is 0 Å². The zero-order valence-electron chi connectivity index (χ0n) is 12.5. The number of carbonyl (C=O) groups is 2. The zero-order chi connectivity index (χ0) is 14.3. The molecule has 0 aromatic heterocycles.